The Morgan fingerprint density at radius 1 is 1.03 bits per heavy atom. The minimum atomic E-state index is -4.56. The first-order valence-electron chi connectivity index (χ1n) is 8.55. The molecular weight excluding hydrogens is 421 g/mol. The number of nitrogens with one attached hydrogen (secondary N) is 2. The number of benzene rings is 2. The second kappa shape index (κ2) is 7.68. The third kappa shape index (κ3) is 4.20. The van der Waals surface area contributed by atoms with Crippen LogP contribution in [0.4, 0.5) is 18.9 Å². The summed E-state index contributed by atoms with van der Waals surface area (Å²) in [6.07, 6.45) is -1.37. The first-order valence-corrected chi connectivity index (χ1v) is 8.93. The largest absolute Gasteiger partial charge is 0.457 e. The Labute approximate surface area is 172 Å². The van der Waals surface area contributed by atoms with Crippen LogP contribution in [-0.2, 0) is 6.18 Å². The molecule has 0 aliphatic rings. The lowest BCUT2D eigenvalue weighted by atomic mass is 10.2. The van der Waals surface area contributed by atoms with Crippen LogP contribution in [0.25, 0.3) is 11.0 Å². The van der Waals surface area contributed by atoms with Gasteiger partial charge in [-0.2, -0.15) is 13.2 Å². The molecule has 152 valence electrons. The molecule has 1 amide bonds. The number of ether oxygens (including phenoxy) is 1. The Bertz CT molecular complexity index is 1210. The van der Waals surface area contributed by atoms with Gasteiger partial charge in [0.1, 0.15) is 17.0 Å². The zero-order valence-corrected chi connectivity index (χ0v) is 15.8. The maximum atomic E-state index is 12.9. The number of pyridine rings is 1. The van der Waals surface area contributed by atoms with Gasteiger partial charge in [-0.05, 0) is 48.5 Å². The average Bonchev–Trinajstić information content (AvgIpc) is 3.15. The Hall–Kier alpha value is -3.59. The molecule has 0 fully saturated rings. The highest BCUT2D eigenvalue weighted by Crippen LogP contribution is 2.34. The van der Waals surface area contributed by atoms with Crippen molar-refractivity contribution >= 4 is 34.2 Å². The van der Waals surface area contributed by atoms with Gasteiger partial charge in [-0.3, -0.25) is 9.78 Å². The number of anilines is 1. The molecule has 10 heteroatoms. The van der Waals surface area contributed by atoms with Crippen molar-refractivity contribution in [1.29, 1.82) is 0 Å². The molecule has 0 unspecified atom stereocenters. The molecule has 2 heterocycles. The molecule has 2 aromatic carbocycles. The van der Waals surface area contributed by atoms with E-state index in [2.05, 4.69) is 20.3 Å². The summed E-state index contributed by atoms with van der Waals surface area (Å²) >= 11 is 5.90. The molecule has 0 radical (unpaired) electrons. The van der Waals surface area contributed by atoms with Crippen LogP contribution in [0, 0.1) is 0 Å². The van der Waals surface area contributed by atoms with Crippen LogP contribution >= 0.6 is 11.6 Å². The molecule has 0 saturated carbocycles. The number of nitrogens with zero attached hydrogens (tertiary/aromatic N) is 2. The Morgan fingerprint density at radius 3 is 2.37 bits per heavy atom. The summed E-state index contributed by atoms with van der Waals surface area (Å²) in [7, 11) is 0. The number of hydrogen-bond donors (Lipinski definition) is 2. The Balaban J connectivity index is 1.51. The van der Waals surface area contributed by atoms with E-state index in [0.717, 1.165) is 12.1 Å². The summed E-state index contributed by atoms with van der Waals surface area (Å²) in [5, 5.41) is 2.41. The number of aromatic amines is 1. The maximum Gasteiger partial charge on any atom is 0.416 e. The van der Waals surface area contributed by atoms with Gasteiger partial charge in [0, 0.05) is 18.1 Å². The quantitative estimate of drug-likeness (QED) is 0.435. The molecule has 0 bridgehead atoms. The Kier molecular flexibility index (Phi) is 5.04. The van der Waals surface area contributed by atoms with Crippen LogP contribution in [-0.4, -0.2) is 20.9 Å². The zero-order chi connectivity index (χ0) is 21.3. The van der Waals surface area contributed by atoms with E-state index in [1.165, 1.54) is 0 Å². The van der Waals surface area contributed by atoms with Crippen molar-refractivity contribution in [3.63, 3.8) is 0 Å². The lowest BCUT2D eigenvalue weighted by Crippen LogP contribution is -2.13. The summed E-state index contributed by atoms with van der Waals surface area (Å²) in [6.45, 7) is 0. The van der Waals surface area contributed by atoms with Crippen molar-refractivity contribution in [2.45, 2.75) is 6.18 Å². The third-order valence-electron chi connectivity index (χ3n) is 4.08. The molecule has 2 aromatic heterocycles. The number of rotatable bonds is 4. The molecule has 2 N–H and O–H groups in total. The van der Waals surface area contributed by atoms with E-state index in [9.17, 15) is 18.0 Å². The standard InChI is InChI=1S/C20H12ClF3N4O2/c21-15-9-11(20(22,23)24)10-16-17(15)28-18(27-16)19(29)26-12-1-3-13(4-2-12)30-14-5-7-25-8-6-14/h1-10H,(H,26,29)(H,27,28). The van der Waals surface area contributed by atoms with E-state index in [4.69, 9.17) is 16.3 Å². The van der Waals surface area contributed by atoms with Crippen molar-refractivity contribution < 1.29 is 22.7 Å². The number of fused-ring (bicyclic) bond motifs is 1. The predicted molar refractivity (Wildman–Crippen MR) is 105 cm³/mol. The van der Waals surface area contributed by atoms with Gasteiger partial charge in [0.25, 0.3) is 5.91 Å². The van der Waals surface area contributed by atoms with Crippen LogP contribution in [0.1, 0.15) is 16.2 Å². The van der Waals surface area contributed by atoms with Crippen molar-refractivity contribution in [3.05, 3.63) is 77.3 Å². The van der Waals surface area contributed by atoms with Crippen molar-refractivity contribution in [1.82, 2.24) is 15.0 Å². The first kappa shape index (κ1) is 19.7. The van der Waals surface area contributed by atoms with Crippen LogP contribution < -0.4 is 10.1 Å². The number of carbonyl (C=O) groups is 1. The maximum absolute atomic E-state index is 12.9. The van der Waals surface area contributed by atoms with Crippen molar-refractivity contribution in [2.24, 2.45) is 0 Å². The molecule has 6 nitrogen and oxygen atoms in total. The van der Waals surface area contributed by atoms with Crippen LogP contribution in [0.3, 0.4) is 0 Å². The van der Waals surface area contributed by atoms with Gasteiger partial charge in [-0.25, -0.2) is 4.98 Å². The fraction of sp³-hybridized carbons (Fsp3) is 0.0500. The van der Waals surface area contributed by atoms with Gasteiger partial charge >= 0.3 is 6.18 Å². The van der Waals surface area contributed by atoms with Crippen LogP contribution in [0.5, 0.6) is 11.5 Å². The number of alkyl halides is 3. The number of halogens is 4. The molecule has 0 aliphatic heterocycles. The highest BCUT2D eigenvalue weighted by Gasteiger charge is 2.32. The highest BCUT2D eigenvalue weighted by atomic mass is 35.5. The monoisotopic (exact) mass is 432 g/mol. The van der Waals surface area contributed by atoms with Crippen LogP contribution in [0.2, 0.25) is 5.02 Å². The van der Waals surface area contributed by atoms with Gasteiger partial charge in [0.2, 0.25) is 0 Å². The second-order valence-corrected chi connectivity index (χ2v) is 6.61. The lowest BCUT2D eigenvalue weighted by Gasteiger charge is -2.07. The molecule has 4 rings (SSSR count). The van der Waals surface area contributed by atoms with Gasteiger partial charge in [-0.1, -0.05) is 11.6 Å². The SMILES string of the molecule is O=C(Nc1ccc(Oc2ccncc2)cc1)c1nc2c(Cl)cc(C(F)(F)F)cc2[nH]1. The summed E-state index contributed by atoms with van der Waals surface area (Å²) in [5.41, 5.74) is -0.387. The molecule has 0 saturated heterocycles. The molecular formula is C20H12ClF3N4O2. The third-order valence-corrected chi connectivity index (χ3v) is 4.37. The van der Waals surface area contributed by atoms with Crippen molar-refractivity contribution in [3.8, 4) is 11.5 Å². The number of carbonyl (C=O) groups excluding carboxylic acids is 1. The number of H-pyrrole nitrogens is 1. The minimum absolute atomic E-state index is 0.0149. The zero-order valence-electron chi connectivity index (χ0n) is 15.0. The van der Waals surface area contributed by atoms with Crippen LogP contribution in [0.15, 0.2) is 60.9 Å². The lowest BCUT2D eigenvalue weighted by molar-refractivity contribution is -0.137. The summed E-state index contributed by atoms with van der Waals surface area (Å²) in [5.74, 6) is 0.371. The van der Waals surface area contributed by atoms with E-state index in [0.29, 0.717) is 17.2 Å². The average molecular weight is 433 g/mol. The van der Waals surface area contributed by atoms with E-state index < -0.39 is 17.6 Å². The molecule has 0 atom stereocenters. The number of imidazole rings is 1. The number of aromatic nitrogens is 3. The normalized spacial score (nSPS) is 11.5. The van der Waals surface area contributed by atoms with Gasteiger partial charge in [-0.15, -0.1) is 0 Å². The van der Waals surface area contributed by atoms with E-state index in [1.807, 2.05) is 0 Å². The minimum Gasteiger partial charge on any atom is -0.457 e. The smallest absolute Gasteiger partial charge is 0.416 e. The first-order chi connectivity index (χ1) is 14.3. The summed E-state index contributed by atoms with van der Waals surface area (Å²) < 4.78 is 44.4. The van der Waals surface area contributed by atoms with Gasteiger partial charge < -0.3 is 15.0 Å². The fourth-order valence-corrected chi connectivity index (χ4v) is 2.95. The predicted octanol–water partition coefficient (Wildman–Crippen LogP) is 5.67. The molecule has 0 spiro atoms. The highest BCUT2D eigenvalue weighted by molar-refractivity contribution is 6.35. The molecule has 4 aromatic rings. The summed E-state index contributed by atoms with van der Waals surface area (Å²) in [4.78, 5) is 22.9. The number of amides is 1. The number of hydrogen-bond acceptors (Lipinski definition) is 4. The fourth-order valence-electron chi connectivity index (χ4n) is 2.69. The van der Waals surface area contributed by atoms with Gasteiger partial charge in [0.05, 0.1) is 16.1 Å². The van der Waals surface area contributed by atoms with E-state index in [-0.39, 0.29) is 21.9 Å². The second-order valence-electron chi connectivity index (χ2n) is 6.20. The molecule has 0 aliphatic carbocycles. The van der Waals surface area contributed by atoms with Gasteiger partial charge in [0.15, 0.2) is 5.82 Å². The van der Waals surface area contributed by atoms with Crippen molar-refractivity contribution in [2.75, 3.05) is 5.32 Å². The summed E-state index contributed by atoms with van der Waals surface area (Å²) in [6, 6.07) is 11.6. The van der Waals surface area contributed by atoms with E-state index >= 15 is 0 Å². The van der Waals surface area contributed by atoms with E-state index in [1.54, 1.807) is 48.8 Å². The molecule has 30 heavy (non-hydrogen) atoms. The topological polar surface area (TPSA) is 79.9 Å². The Morgan fingerprint density at radius 2 is 1.70 bits per heavy atom.